The van der Waals surface area contributed by atoms with E-state index in [9.17, 15) is 4.79 Å². The number of rotatable bonds is 25. The van der Waals surface area contributed by atoms with Crippen LogP contribution in [0.15, 0.2) is 0 Å². The maximum atomic E-state index is 12.9. The summed E-state index contributed by atoms with van der Waals surface area (Å²) < 4.78 is 0. The highest BCUT2D eigenvalue weighted by molar-refractivity contribution is 5.82. The average Bonchev–Trinajstić information content (AvgIpc) is 3.50. The molecule has 0 radical (unpaired) electrons. The molecule has 1 aliphatic heterocycles. The summed E-state index contributed by atoms with van der Waals surface area (Å²) in [6, 6.07) is 0.509. The lowest BCUT2D eigenvalue weighted by molar-refractivity contribution is -0.125. The minimum Gasteiger partial charge on any atom is -0.352 e. The highest BCUT2D eigenvalue weighted by Crippen LogP contribution is 2.45. The maximum Gasteiger partial charge on any atom is 0.237 e. The summed E-state index contributed by atoms with van der Waals surface area (Å²) in [6.45, 7) is 5.66. The number of likely N-dealkylation sites (N-methyl/N-ethyl adjacent to an activating group) is 1. The maximum absolute atomic E-state index is 12.9. The number of hydrogen-bond donors (Lipinski definition) is 1. The fraction of sp³-hybridized carbons (Fsp3) is 0.971. The third-order valence-electron chi connectivity index (χ3n) is 9.45. The smallest absolute Gasteiger partial charge is 0.237 e. The molecule has 2 aliphatic rings. The van der Waals surface area contributed by atoms with Crippen molar-refractivity contribution in [1.29, 1.82) is 0 Å². The number of nitrogens with zero attached hydrogens (tertiary/aromatic N) is 1. The second-order valence-corrected chi connectivity index (χ2v) is 12.9. The van der Waals surface area contributed by atoms with E-state index in [1.165, 1.54) is 148 Å². The van der Waals surface area contributed by atoms with Crippen LogP contribution < -0.4 is 5.32 Å². The van der Waals surface area contributed by atoms with Gasteiger partial charge in [-0.25, -0.2) is 0 Å². The van der Waals surface area contributed by atoms with E-state index in [0.29, 0.717) is 11.9 Å². The molecule has 0 unspecified atom stereocenters. The van der Waals surface area contributed by atoms with Crippen molar-refractivity contribution in [2.24, 2.45) is 11.8 Å². The summed E-state index contributed by atoms with van der Waals surface area (Å²) in [7, 11) is 2.11. The van der Waals surface area contributed by atoms with Gasteiger partial charge in [-0.1, -0.05) is 142 Å². The van der Waals surface area contributed by atoms with Crippen LogP contribution in [0.1, 0.15) is 174 Å². The fourth-order valence-electron chi connectivity index (χ4n) is 6.71. The first-order valence-corrected chi connectivity index (χ1v) is 17.2. The summed E-state index contributed by atoms with van der Waals surface area (Å²) in [6.07, 6.45) is 34.1. The monoisotopic (exact) mass is 519 g/mol. The van der Waals surface area contributed by atoms with Crippen molar-refractivity contribution in [1.82, 2.24) is 10.2 Å². The van der Waals surface area contributed by atoms with Crippen LogP contribution in [0.25, 0.3) is 0 Å². The van der Waals surface area contributed by atoms with Gasteiger partial charge in [0.1, 0.15) is 0 Å². The summed E-state index contributed by atoms with van der Waals surface area (Å²) >= 11 is 0. The molecule has 4 atom stereocenters. The Hall–Kier alpha value is -0.570. The Morgan fingerprint density at radius 2 is 1.16 bits per heavy atom. The van der Waals surface area contributed by atoms with Gasteiger partial charge < -0.3 is 5.32 Å². The van der Waals surface area contributed by atoms with E-state index in [4.69, 9.17) is 0 Å². The van der Waals surface area contributed by atoms with Crippen LogP contribution >= 0.6 is 0 Å². The van der Waals surface area contributed by atoms with Gasteiger partial charge in [0, 0.05) is 6.04 Å². The molecule has 2 rings (SSSR count). The summed E-state index contributed by atoms with van der Waals surface area (Å²) in [5.41, 5.74) is 0. The highest BCUT2D eigenvalue weighted by atomic mass is 16.2. The van der Waals surface area contributed by atoms with Gasteiger partial charge in [0.05, 0.1) is 6.04 Å². The van der Waals surface area contributed by atoms with E-state index in [1.54, 1.807) is 0 Å². The molecule has 3 heteroatoms. The topological polar surface area (TPSA) is 32.3 Å². The van der Waals surface area contributed by atoms with Crippen LogP contribution in [-0.4, -0.2) is 36.5 Å². The molecule has 1 aliphatic carbocycles. The first kappa shape index (κ1) is 32.6. The molecule has 1 heterocycles. The standard InChI is InChI=1S/C34H66N2O/c1-4-6-8-10-12-16-20-25-32(35-34(37)33-27-22-28-36(33)3)26-21-17-13-15-19-24-31-29-30(31)23-18-14-11-9-7-5-2/h30-33H,4-29H2,1-3H3,(H,35,37)/t30-,31-,32-,33+/m1/s1. The Kier molecular flexibility index (Phi) is 18.8. The SMILES string of the molecule is CCCCCCCCC[C@H](CCCCCCC[C@@H]1C[C@H]1CCCCCCCC)NC(=O)[C@@H]1CCCN1C. The lowest BCUT2D eigenvalue weighted by atomic mass is 9.99. The lowest BCUT2D eigenvalue weighted by Gasteiger charge is -2.24. The number of carbonyl (C=O) groups excluding carboxylic acids is 1. The van der Waals surface area contributed by atoms with Crippen molar-refractivity contribution >= 4 is 5.91 Å². The average molecular weight is 519 g/mol. The Bertz CT molecular complexity index is 550. The van der Waals surface area contributed by atoms with E-state index in [1.807, 2.05) is 0 Å². The molecule has 0 aromatic rings. The molecular formula is C34H66N2O. The predicted octanol–water partition coefficient (Wildman–Crippen LogP) is 9.82. The molecular weight excluding hydrogens is 452 g/mol. The minimum absolute atomic E-state index is 0.115. The number of nitrogens with one attached hydrogen (secondary N) is 1. The quantitative estimate of drug-likeness (QED) is 0.122. The third kappa shape index (κ3) is 15.6. The zero-order chi connectivity index (χ0) is 26.6. The van der Waals surface area contributed by atoms with Crippen LogP contribution in [0.5, 0.6) is 0 Å². The van der Waals surface area contributed by atoms with Gasteiger partial charge >= 0.3 is 0 Å². The molecule has 2 fully saturated rings. The zero-order valence-electron chi connectivity index (χ0n) is 25.5. The van der Waals surface area contributed by atoms with E-state index < -0.39 is 0 Å². The van der Waals surface area contributed by atoms with Crippen molar-refractivity contribution < 1.29 is 4.79 Å². The summed E-state index contributed by atoms with van der Waals surface area (Å²) in [4.78, 5) is 15.2. The Morgan fingerprint density at radius 1 is 0.703 bits per heavy atom. The lowest BCUT2D eigenvalue weighted by Crippen LogP contribution is -2.45. The van der Waals surface area contributed by atoms with Crippen LogP contribution in [0.3, 0.4) is 0 Å². The van der Waals surface area contributed by atoms with E-state index in [0.717, 1.165) is 31.2 Å². The third-order valence-corrected chi connectivity index (χ3v) is 9.45. The normalized spacial score (nSPS) is 22.4. The molecule has 3 nitrogen and oxygen atoms in total. The summed E-state index contributed by atoms with van der Waals surface area (Å²) in [5.74, 6) is 2.46. The van der Waals surface area contributed by atoms with E-state index in [-0.39, 0.29) is 6.04 Å². The number of amides is 1. The first-order valence-electron chi connectivity index (χ1n) is 17.2. The van der Waals surface area contributed by atoms with Crippen molar-refractivity contribution in [3.05, 3.63) is 0 Å². The van der Waals surface area contributed by atoms with Crippen LogP contribution in [0.2, 0.25) is 0 Å². The molecule has 1 amide bonds. The molecule has 1 N–H and O–H groups in total. The van der Waals surface area contributed by atoms with Crippen LogP contribution in [-0.2, 0) is 4.79 Å². The molecule has 37 heavy (non-hydrogen) atoms. The van der Waals surface area contributed by atoms with Crippen LogP contribution in [0.4, 0.5) is 0 Å². The highest BCUT2D eigenvalue weighted by Gasteiger charge is 2.35. The van der Waals surface area contributed by atoms with Gasteiger partial charge in [-0.2, -0.15) is 0 Å². The molecule has 0 spiro atoms. The van der Waals surface area contributed by atoms with Gasteiger partial charge in [0.25, 0.3) is 0 Å². The molecule has 0 bridgehead atoms. The Labute approximate surface area is 232 Å². The number of carbonyl (C=O) groups is 1. The van der Waals surface area contributed by atoms with Crippen molar-refractivity contribution in [2.45, 2.75) is 186 Å². The van der Waals surface area contributed by atoms with Crippen molar-refractivity contribution in [2.75, 3.05) is 13.6 Å². The van der Waals surface area contributed by atoms with Crippen LogP contribution in [0, 0.1) is 11.8 Å². The van der Waals surface area contributed by atoms with Gasteiger partial charge in [0.15, 0.2) is 0 Å². The van der Waals surface area contributed by atoms with Gasteiger partial charge in [-0.15, -0.1) is 0 Å². The van der Waals surface area contributed by atoms with E-state index in [2.05, 4.69) is 31.1 Å². The Morgan fingerprint density at radius 3 is 1.62 bits per heavy atom. The van der Waals surface area contributed by atoms with E-state index >= 15 is 0 Å². The first-order chi connectivity index (χ1) is 18.2. The van der Waals surface area contributed by atoms with Gasteiger partial charge in [-0.05, 0) is 57.5 Å². The molecule has 1 saturated carbocycles. The second kappa shape index (κ2) is 21.3. The van der Waals surface area contributed by atoms with Crippen molar-refractivity contribution in [3.8, 4) is 0 Å². The molecule has 0 aromatic carbocycles. The predicted molar refractivity (Wildman–Crippen MR) is 162 cm³/mol. The number of unbranched alkanes of at least 4 members (excludes halogenated alkanes) is 15. The summed E-state index contributed by atoms with van der Waals surface area (Å²) in [5, 5.41) is 3.48. The largest absolute Gasteiger partial charge is 0.352 e. The zero-order valence-corrected chi connectivity index (χ0v) is 25.5. The van der Waals surface area contributed by atoms with Crippen molar-refractivity contribution in [3.63, 3.8) is 0 Å². The Balaban J connectivity index is 1.51. The molecule has 1 saturated heterocycles. The van der Waals surface area contributed by atoms with Gasteiger partial charge in [-0.3, -0.25) is 9.69 Å². The molecule has 218 valence electrons. The number of hydrogen-bond acceptors (Lipinski definition) is 2. The number of likely N-dealkylation sites (tertiary alicyclic amines) is 1. The second-order valence-electron chi connectivity index (χ2n) is 12.9. The van der Waals surface area contributed by atoms with Gasteiger partial charge in [0.2, 0.25) is 5.91 Å². The molecule has 0 aromatic heterocycles. The minimum atomic E-state index is 0.115. The fourth-order valence-corrected chi connectivity index (χ4v) is 6.71.